The van der Waals surface area contributed by atoms with Crippen molar-refractivity contribution in [3.8, 4) is 11.5 Å². The van der Waals surface area contributed by atoms with Crippen LogP contribution >= 0.6 is 11.6 Å². The minimum atomic E-state index is -4.68. The van der Waals surface area contributed by atoms with Crippen LogP contribution in [0.25, 0.3) is 0 Å². The third-order valence-electron chi connectivity index (χ3n) is 6.18. The van der Waals surface area contributed by atoms with Crippen LogP contribution in [0.4, 0.5) is 13.6 Å². The molecule has 2 amide bonds. The lowest BCUT2D eigenvalue weighted by atomic mass is 10.3. The van der Waals surface area contributed by atoms with E-state index in [0.717, 1.165) is 25.9 Å². The van der Waals surface area contributed by atoms with Crippen molar-refractivity contribution in [3.63, 3.8) is 0 Å². The molecule has 0 bridgehead atoms. The zero-order chi connectivity index (χ0) is 29.3. The van der Waals surface area contributed by atoms with Gasteiger partial charge in [0.25, 0.3) is 5.91 Å². The number of hydrogen-bond donors (Lipinski definition) is 2. The summed E-state index contributed by atoms with van der Waals surface area (Å²) in [6, 6.07) is 6.74. The normalized spacial score (nSPS) is 13.8. The molecule has 0 aromatic heterocycles. The van der Waals surface area contributed by atoms with Crippen LogP contribution in [0.1, 0.15) is 19.8 Å². The molecule has 15 heteroatoms. The van der Waals surface area contributed by atoms with Gasteiger partial charge in [-0.2, -0.15) is 4.31 Å². The smallest absolute Gasteiger partial charge is 0.409 e. The maximum Gasteiger partial charge on any atom is 0.409 e. The average Bonchev–Trinajstić information content (AvgIpc) is 3.44. The quantitative estimate of drug-likeness (QED) is 0.263. The maximum atomic E-state index is 14.8. The van der Waals surface area contributed by atoms with Crippen LogP contribution in [0.15, 0.2) is 41.3 Å². The Balaban J connectivity index is 1.74. The summed E-state index contributed by atoms with van der Waals surface area (Å²) >= 11 is 5.79. The molecule has 40 heavy (non-hydrogen) atoms. The molecule has 0 unspecified atom stereocenters. The number of carbonyl (C=O) groups is 2. The van der Waals surface area contributed by atoms with E-state index in [1.54, 1.807) is 6.92 Å². The summed E-state index contributed by atoms with van der Waals surface area (Å²) in [5, 5.41) is 9.32. The van der Waals surface area contributed by atoms with Crippen molar-refractivity contribution in [1.82, 2.24) is 19.6 Å². The molecular weight excluding hydrogens is 574 g/mol. The lowest BCUT2D eigenvalue weighted by molar-refractivity contribution is -0.129. The van der Waals surface area contributed by atoms with Crippen LogP contribution < -0.4 is 10.2 Å². The summed E-state index contributed by atoms with van der Waals surface area (Å²) in [7, 11) is -4.68. The highest BCUT2D eigenvalue weighted by Gasteiger charge is 2.30. The van der Waals surface area contributed by atoms with Crippen LogP contribution in [0.3, 0.4) is 0 Å². The van der Waals surface area contributed by atoms with Crippen LogP contribution in [0, 0.1) is 11.6 Å². The molecule has 11 nitrogen and oxygen atoms in total. The molecule has 1 saturated heterocycles. The minimum absolute atomic E-state index is 0.0611. The van der Waals surface area contributed by atoms with E-state index in [4.69, 9.17) is 26.3 Å². The molecule has 1 fully saturated rings. The largest absolute Gasteiger partial charge is 0.451 e. The Labute approximate surface area is 236 Å². The highest BCUT2D eigenvalue weighted by Crippen LogP contribution is 2.31. The van der Waals surface area contributed by atoms with Gasteiger partial charge in [-0.15, -0.1) is 0 Å². The number of carbonyl (C=O) groups excluding carboxylic acids is 2. The monoisotopic (exact) mass is 604 g/mol. The first-order valence-electron chi connectivity index (χ1n) is 12.5. The number of sulfonamides is 1. The molecular formula is C25H31ClF2N4O7S. The predicted molar refractivity (Wildman–Crippen MR) is 141 cm³/mol. The van der Waals surface area contributed by atoms with Crippen molar-refractivity contribution in [2.24, 2.45) is 0 Å². The molecule has 2 aromatic rings. The molecule has 2 aromatic carbocycles. The van der Waals surface area contributed by atoms with Crippen LogP contribution in [0.2, 0.25) is 5.02 Å². The van der Waals surface area contributed by atoms with Gasteiger partial charge < -0.3 is 14.4 Å². The summed E-state index contributed by atoms with van der Waals surface area (Å²) < 4.78 is 67.4. The standard InChI is InChI=1S/C25H31ClF2N4O7S/c1-2-31(25(34)38-14-13-30-9-3-4-10-30)11-12-32(17-23(33)29-35)40(36,37)20-15-21(27)24(22(28)16-20)39-19-7-5-18(26)6-8-19/h5-8,15-16,35H,2-4,9-14,17H2,1H3,(H,29,33). The highest BCUT2D eigenvalue weighted by molar-refractivity contribution is 7.89. The van der Waals surface area contributed by atoms with Crippen molar-refractivity contribution < 1.29 is 41.5 Å². The number of nitrogens with zero attached hydrogens (tertiary/aromatic N) is 3. The molecule has 1 aliphatic rings. The minimum Gasteiger partial charge on any atom is -0.451 e. The van der Waals surface area contributed by atoms with Gasteiger partial charge in [0.1, 0.15) is 12.4 Å². The summed E-state index contributed by atoms with van der Waals surface area (Å²) in [5.74, 6) is -4.49. The molecule has 2 N–H and O–H groups in total. The number of hydrogen-bond acceptors (Lipinski definition) is 8. The van der Waals surface area contributed by atoms with Crippen LogP contribution in [-0.4, -0.2) is 92.2 Å². The van der Waals surface area contributed by atoms with Crippen molar-refractivity contribution in [3.05, 3.63) is 53.1 Å². The molecule has 1 heterocycles. The zero-order valence-corrected chi connectivity index (χ0v) is 23.4. The maximum absolute atomic E-state index is 14.8. The van der Waals surface area contributed by atoms with Gasteiger partial charge in [0.15, 0.2) is 17.4 Å². The van der Waals surface area contributed by atoms with Gasteiger partial charge in [0.2, 0.25) is 10.0 Å². The van der Waals surface area contributed by atoms with Crippen molar-refractivity contribution in [2.45, 2.75) is 24.7 Å². The first kappa shape index (κ1) is 31.5. The molecule has 220 valence electrons. The number of amides is 2. The Morgan fingerprint density at radius 2 is 1.73 bits per heavy atom. The van der Waals surface area contributed by atoms with Gasteiger partial charge in [-0.1, -0.05) is 11.6 Å². The van der Waals surface area contributed by atoms with E-state index >= 15 is 0 Å². The van der Waals surface area contributed by atoms with Crippen LogP contribution in [-0.2, 0) is 19.6 Å². The number of likely N-dealkylation sites (tertiary alicyclic amines) is 1. The topological polar surface area (TPSA) is 129 Å². The number of benzene rings is 2. The van der Waals surface area contributed by atoms with Gasteiger partial charge in [0.05, 0.1) is 11.4 Å². The van der Waals surface area contributed by atoms with E-state index in [0.29, 0.717) is 28.0 Å². The Morgan fingerprint density at radius 1 is 1.10 bits per heavy atom. The summed E-state index contributed by atoms with van der Waals surface area (Å²) in [6.07, 6.45) is 1.51. The van der Waals surface area contributed by atoms with E-state index in [1.807, 2.05) is 0 Å². The summed E-state index contributed by atoms with van der Waals surface area (Å²) in [4.78, 5) is 27.0. The Hall–Kier alpha value is -3.04. The van der Waals surface area contributed by atoms with Crippen molar-refractivity contribution in [2.75, 3.05) is 52.4 Å². The van der Waals surface area contributed by atoms with Crippen molar-refractivity contribution in [1.29, 1.82) is 0 Å². The third-order valence-corrected chi connectivity index (χ3v) is 8.25. The number of ether oxygens (including phenoxy) is 2. The van der Waals surface area contributed by atoms with Gasteiger partial charge in [-0.25, -0.2) is 27.5 Å². The first-order chi connectivity index (χ1) is 19.0. The zero-order valence-electron chi connectivity index (χ0n) is 21.8. The molecule has 0 saturated carbocycles. The van der Waals surface area contributed by atoms with E-state index < -0.39 is 57.4 Å². The van der Waals surface area contributed by atoms with Crippen molar-refractivity contribution >= 4 is 33.6 Å². The second-order valence-electron chi connectivity index (χ2n) is 8.89. The SMILES string of the molecule is CCN(CCN(CC(=O)NO)S(=O)(=O)c1cc(F)c(Oc2ccc(Cl)cc2)c(F)c1)C(=O)OCCN1CCCC1. The molecule has 0 aliphatic carbocycles. The third kappa shape index (κ3) is 8.48. The van der Waals surface area contributed by atoms with E-state index in [2.05, 4.69) is 4.90 Å². The van der Waals surface area contributed by atoms with Gasteiger partial charge in [-0.05, 0) is 69.3 Å². The van der Waals surface area contributed by atoms with E-state index in [9.17, 15) is 26.8 Å². The van der Waals surface area contributed by atoms with Gasteiger partial charge in [-0.3, -0.25) is 14.9 Å². The second-order valence-corrected chi connectivity index (χ2v) is 11.3. The average molecular weight is 605 g/mol. The summed E-state index contributed by atoms with van der Waals surface area (Å²) in [5.41, 5.74) is 1.33. The molecule has 0 spiro atoms. The summed E-state index contributed by atoms with van der Waals surface area (Å²) in [6.45, 7) is 2.92. The van der Waals surface area contributed by atoms with E-state index in [-0.39, 0.29) is 25.4 Å². The Bertz CT molecular complexity index is 1260. The molecule has 1 aliphatic heterocycles. The molecule has 3 rings (SSSR count). The fourth-order valence-corrected chi connectivity index (χ4v) is 5.54. The first-order valence-corrected chi connectivity index (χ1v) is 14.4. The van der Waals surface area contributed by atoms with Gasteiger partial charge in [0, 0.05) is 31.2 Å². The fourth-order valence-electron chi connectivity index (χ4n) is 4.00. The van der Waals surface area contributed by atoms with E-state index in [1.165, 1.54) is 34.6 Å². The second kappa shape index (κ2) is 14.6. The number of halogens is 3. The lowest BCUT2D eigenvalue weighted by Crippen LogP contribution is -2.45. The Morgan fingerprint density at radius 3 is 2.30 bits per heavy atom. The fraction of sp³-hybridized carbons (Fsp3) is 0.440. The van der Waals surface area contributed by atoms with Gasteiger partial charge >= 0.3 is 6.09 Å². The number of rotatable bonds is 13. The number of hydroxylamine groups is 1. The predicted octanol–water partition coefficient (Wildman–Crippen LogP) is 3.46. The lowest BCUT2D eigenvalue weighted by Gasteiger charge is -2.26. The molecule has 0 radical (unpaired) electrons. The molecule has 0 atom stereocenters. The Kier molecular flexibility index (Phi) is 11.5. The van der Waals surface area contributed by atoms with Crippen LogP contribution in [0.5, 0.6) is 11.5 Å². The highest BCUT2D eigenvalue weighted by atomic mass is 35.5. The number of nitrogens with one attached hydrogen (secondary N) is 1. The number of likely N-dealkylation sites (N-methyl/N-ethyl adjacent to an activating group) is 1.